The van der Waals surface area contributed by atoms with E-state index in [-0.39, 0.29) is 29.4 Å². The number of fused-ring (bicyclic) bond motifs is 1. The molecule has 0 spiro atoms. The molecule has 0 aromatic heterocycles. The normalized spacial score (nSPS) is 16.2. The van der Waals surface area contributed by atoms with Crippen LogP contribution >= 0.6 is 0 Å². The van der Waals surface area contributed by atoms with E-state index in [0.717, 1.165) is 23.8 Å². The van der Waals surface area contributed by atoms with Gasteiger partial charge in [-0.15, -0.1) is 0 Å². The standard InChI is InChI=1S/C19H15F3O5/c20-19(21,22)13-1-4-16(12(7-13)10-23)27-14-2-3-15-11(8-18(24)25)5-6-26-17(15)9-14/h1-4,7,9-11H,5-6,8H2,(H,24,25)/t11-/m0/s1. The SMILES string of the molecule is O=Cc1cc(C(F)(F)F)ccc1Oc1ccc2c(c1)OCC[C@H]2CC(=O)O. The molecule has 142 valence electrons. The molecule has 1 heterocycles. The highest BCUT2D eigenvalue weighted by Gasteiger charge is 2.31. The highest BCUT2D eigenvalue weighted by atomic mass is 19.4. The van der Waals surface area contributed by atoms with Crippen LogP contribution in [0, 0.1) is 0 Å². The molecule has 3 rings (SSSR count). The van der Waals surface area contributed by atoms with Crippen LogP contribution in [0.25, 0.3) is 0 Å². The van der Waals surface area contributed by atoms with E-state index in [9.17, 15) is 22.8 Å². The summed E-state index contributed by atoms with van der Waals surface area (Å²) in [4.78, 5) is 22.1. The molecular formula is C19H15F3O5. The van der Waals surface area contributed by atoms with E-state index in [1.165, 1.54) is 6.07 Å². The van der Waals surface area contributed by atoms with Crippen LogP contribution in [0.1, 0.15) is 40.2 Å². The third kappa shape index (κ3) is 4.21. The van der Waals surface area contributed by atoms with Gasteiger partial charge in [0.1, 0.15) is 17.2 Å². The van der Waals surface area contributed by atoms with Crippen LogP contribution in [0.2, 0.25) is 0 Å². The van der Waals surface area contributed by atoms with E-state index >= 15 is 0 Å². The lowest BCUT2D eigenvalue weighted by atomic mass is 9.90. The average molecular weight is 380 g/mol. The monoisotopic (exact) mass is 380 g/mol. The van der Waals surface area contributed by atoms with E-state index in [1.54, 1.807) is 12.1 Å². The van der Waals surface area contributed by atoms with Gasteiger partial charge in [-0.2, -0.15) is 13.2 Å². The quantitative estimate of drug-likeness (QED) is 0.765. The number of ether oxygens (including phenoxy) is 2. The van der Waals surface area contributed by atoms with Gasteiger partial charge in [0.05, 0.1) is 24.2 Å². The largest absolute Gasteiger partial charge is 0.493 e. The minimum atomic E-state index is -4.56. The van der Waals surface area contributed by atoms with Crippen molar-refractivity contribution in [2.24, 2.45) is 0 Å². The molecule has 1 aliphatic rings. The summed E-state index contributed by atoms with van der Waals surface area (Å²) in [6.45, 7) is 0.355. The summed E-state index contributed by atoms with van der Waals surface area (Å²) in [7, 11) is 0. The number of halogens is 3. The Hall–Kier alpha value is -3.03. The average Bonchev–Trinajstić information content (AvgIpc) is 2.60. The molecule has 1 aliphatic heterocycles. The second-order valence-corrected chi connectivity index (χ2v) is 6.10. The lowest BCUT2D eigenvalue weighted by Crippen LogP contribution is -2.17. The van der Waals surface area contributed by atoms with Crippen LogP contribution < -0.4 is 9.47 Å². The minimum absolute atomic E-state index is 0.0177. The number of hydrogen-bond acceptors (Lipinski definition) is 4. The fourth-order valence-corrected chi connectivity index (χ4v) is 2.97. The summed E-state index contributed by atoms with van der Waals surface area (Å²) in [5.41, 5.74) is -0.437. The van der Waals surface area contributed by atoms with Crippen molar-refractivity contribution in [1.82, 2.24) is 0 Å². The summed E-state index contributed by atoms with van der Waals surface area (Å²) in [5.74, 6) is -0.376. The fraction of sp³-hybridized carbons (Fsp3) is 0.263. The van der Waals surface area contributed by atoms with Crippen molar-refractivity contribution in [3.63, 3.8) is 0 Å². The van der Waals surface area contributed by atoms with Crippen LogP contribution in [-0.4, -0.2) is 24.0 Å². The third-order valence-electron chi connectivity index (χ3n) is 4.26. The van der Waals surface area contributed by atoms with Crippen molar-refractivity contribution in [1.29, 1.82) is 0 Å². The number of alkyl halides is 3. The predicted octanol–water partition coefficient (Wildman–Crippen LogP) is 4.65. The molecule has 0 fully saturated rings. The van der Waals surface area contributed by atoms with Crippen LogP contribution in [0.5, 0.6) is 17.2 Å². The highest BCUT2D eigenvalue weighted by Crippen LogP contribution is 2.39. The van der Waals surface area contributed by atoms with Crippen molar-refractivity contribution in [3.05, 3.63) is 53.1 Å². The second-order valence-electron chi connectivity index (χ2n) is 6.10. The molecule has 1 N–H and O–H groups in total. The third-order valence-corrected chi connectivity index (χ3v) is 4.26. The van der Waals surface area contributed by atoms with Crippen molar-refractivity contribution in [2.45, 2.75) is 24.9 Å². The smallest absolute Gasteiger partial charge is 0.416 e. The van der Waals surface area contributed by atoms with E-state index in [1.807, 2.05) is 0 Å². The van der Waals surface area contributed by atoms with Gasteiger partial charge in [-0.3, -0.25) is 9.59 Å². The van der Waals surface area contributed by atoms with Crippen LogP contribution in [0.3, 0.4) is 0 Å². The molecule has 0 unspecified atom stereocenters. The number of carboxylic acid groups (broad SMARTS) is 1. The molecule has 2 aromatic carbocycles. The molecule has 0 bridgehead atoms. The first kappa shape index (κ1) is 18.8. The summed E-state index contributed by atoms with van der Waals surface area (Å²) < 4.78 is 49.4. The van der Waals surface area contributed by atoms with Crippen molar-refractivity contribution < 1.29 is 37.3 Å². The first-order valence-electron chi connectivity index (χ1n) is 8.10. The van der Waals surface area contributed by atoms with Gasteiger partial charge in [-0.05, 0) is 36.2 Å². The molecule has 27 heavy (non-hydrogen) atoms. The summed E-state index contributed by atoms with van der Waals surface area (Å²) in [5, 5.41) is 9.00. The maximum Gasteiger partial charge on any atom is 0.416 e. The predicted molar refractivity (Wildman–Crippen MR) is 88.5 cm³/mol. The Bertz CT molecular complexity index is 876. The maximum atomic E-state index is 12.8. The van der Waals surface area contributed by atoms with Crippen LogP contribution in [0.4, 0.5) is 13.2 Å². The van der Waals surface area contributed by atoms with Gasteiger partial charge >= 0.3 is 12.1 Å². The molecule has 0 radical (unpaired) electrons. The number of aliphatic carboxylic acids is 1. The van der Waals surface area contributed by atoms with E-state index < -0.39 is 17.7 Å². The summed E-state index contributed by atoms with van der Waals surface area (Å²) in [6.07, 6.45) is -3.71. The molecule has 0 aliphatic carbocycles. The zero-order valence-corrected chi connectivity index (χ0v) is 14.0. The van der Waals surface area contributed by atoms with E-state index in [2.05, 4.69) is 0 Å². The van der Waals surface area contributed by atoms with Crippen LogP contribution in [0.15, 0.2) is 36.4 Å². The number of carbonyl (C=O) groups is 2. The topological polar surface area (TPSA) is 72.8 Å². The Morgan fingerprint density at radius 2 is 2.04 bits per heavy atom. The van der Waals surface area contributed by atoms with Gasteiger partial charge in [0.15, 0.2) is 6.29 Å². The first-order valence-corrected chi connectivity index (χ1v) is 8.10. The molecular weight excluding hydrogens is 365 g/mol. The summed E-state index contributed by atoms with van der Waals surface area (Å²) in [6, 6.07) is 7.41. The molecule has 8 heteroatoms. The molecule has 1 atom stereocenters. The van der Waals surface area contributed by atoms with E-state index in [4.69, 9.17) is 14.6 Å². The highest BCUT2D eigenvalue weighted by molar-refractivity contribution is 5.80. The number of rotatable bonds is 5. The molecule has 0 saturated heterocycles. The van der Waals surface area contributed by atoms with Gasteiger partial charge < -0.3 is 14.6 Å². The lowest BCUT2D eigenvalue weighted by Gasteiger charge is -2.25. The van der Waals surface area contributed by atoms with Crippen LogP contribution in [-0.2, 0) is 11.0 Å². The molecule has 0 saturated carbocycles. The zero-order chi connectivity index (χ0) is 19.6. The van der Waals surface area contributed by atoms with Crippen molar-refractivity contribution >= 4 is 12.3 Å². The number of carboxylic acids is 1. The zero-order valence-electron chi connectivity index (χ0n) is 14.0. The Kier molecular flexibility index (Phi) is 5.07. The van der Waals surface area contributed by atoms with E-state index in [0.29, 0.717) is 25.1 Å². The van der Waals surface area contributed by atoms with Crippen molar-refractivity contribution in [3.8, 4) is 17.2 Å². The van der Waals surface area contributed by atoms with Crippen molar-refractivity contribution in [2.75, 3.05) is 6.61 Å². The Morgan fingerprint density at radius 1 is 1.26 bits per heavy atom. The maximum absolute atomic E-state index is 12.8. The van der Waals surface area contributed by atoms with Gasteiger partial charge in [0.2, 0.25) is 0 Å². The fourth-order valence-electron chi connectivity index (χ4n) is 2.97. The van der Waals surface area contributed by atoms with Gasteiger partial charge in [-0.1, -0.05) is 6.07 Å². The lowest BCUT2D eigenvalue weighted by molar-refractivity contribution is -0.138. The number of carbonyl (C=O) groups excluding carboxylic acids is 1. The van der Waals surface area contributed by atoms with Gasteiger partial charge in [-0.25, -0.2) is 0 Å². The number of aldehydes is 1. The number of hydrogen-bond donors (Lipinski definition) is 1. The number of benzene rings is 2. The first-order chi connectivity index (χ1) is 12.8. The molecule has 0 amide bonds. The Morgan fingerprint density at radius 3 is 2.70 bits per heavy atom. The minimum Gasteiger partial charge on any atom is -0.493 e. The summed E-state index contributed by atoms with van der Waals surface area (Å²) >= 11 is 0. The Balaban J connectivity index is 1.87. The van der Waals surface area contributed by atoms with Gasteiger partial charge in [0.25, 0.3) is 0 Å². The van der Waals surface area contributed by atoms with Gasteiger partial charge in [0, 0.05) is 12.0 Å². The molecule has 2 aromatic rings. The second kappa shape index (κ2) is 7.30. The Labute approximate surface area is 152 Å². The molecule has 5 nitrogen and oxygen atoms in total.